The topological polar surface area (TPSA) is 43.4 Å². The van der Waals surface area contributed by atoms with Crippen molar-refractivity contribution >= 4 is 30.5 Å². The van der Waals surface area contributed by atoms with Gasteiger partial charge in [-0.1, -0.05) is 58.1 Å². The maximum absolute atomic E-state index is 13.8. The van der Waals surface area contributed by atoms with Gasteiger partial charge >= 0.3 is 7.80 Å². The Morgan fingerprint density at radius 1 is 0.966 bits per heavy atom. The normalized spacial score (nSPS) is 12.4. The molecular formula is C24H23ClO3P+. The molecule has 0 N–H and O–H groups in total. The Labute approximate surface area is 177 Å². The van der Waals surface area contributed by atoms with Gasteiger partial charge in [0.25, 0.3) is 5.66 Å². The van der Waals surface area contributed by atoms with Crippen LogP contribution in [0, 0.1) is 20.8 Å². The largest absolute Gasteiger partial charge is 0.496 e. The van der Waals surface area contributed by atoms with Crippen molar-refractivity contribution in [2.45, 2.75) is 26.4 Å². The molecule has 0 spiro atoms. The van der Waals surface area contributed by atoms with E-state index < -0.39 is 13.5 Å². The molecule has 148 valence electrons. The molecule has 2 atom stereocenters. The van der Waals surface area contributed by atoms with Crippen molar-refractivity contribution in [1.82, 2.24) is 0 Å². The lowest BCUT2D eigenvalue weighted by Gasteiger charge is -2.16. The van der Waals surface area contributed by atoms with Gasteiger partial charge in [0.2, 0.25) is 5.78 Å². The van der Waals surface area contributed by atoms with Gasteiger partial charge in [-0.25, -0.2) is 0 Å². The smallest absolute Gasteiger partial charge is 0.393 e. The fourth-order valence-electron chi connectivity index (χ4n) is 3.74. The summed E-state index contributed by atoms with van der Waals surface area (Å²) in [4.78, 5) is 13.8. The van der Waals surface area contributed by atoms with Crippen LogP contribution in [0.15, 0.2) is 60.7 Å². The maximum Gasteiger partial charge on any atom is 0.393 e. The van der Waals surface area contributed by atoms with E-state index >= 15 is 0 Å². The Morgan fingerprint density at radius 3 is 2.17 bits per heavy atom. The van der Waals surface area contributed by atoms with E-state index in [-0.39, 0.29) is 5.78 Å². The van der Waals surface area contributed by atoms with Gasteiger partial charge in [-0.05, 0) is 56.2 Å². The number of halogens is 1. The molecule has 0 saturated carbocycles. The van der Waals surface area contributed by atoms with Crippen LogP contribution in [0.4, 0.5) is 0 Å². The second-order valence-corrected chi connectivity index (χ2v) is 9.15. The molecule has 3 aromatic rings. The number of benzene rings is 3. The molecule has 0 saturated heterocycles. The van der Waals surface area contributed by atoms with Gasteiger partial charge in [0.15, 0.2) is 5.30 Å². The Morgan fingerprint density at radius 2 is 1.59 bits per heavy atom. The average Bonchev–Trinajstić information content (AvgIpc) is 2.69. The minimum absolute atomic E-state index is 0.212. The summed E-state index contributed by atoms with van der Waals surface area (Å²) < 4.78 is 19.2. The summed E-state index contributed by atoms with van der Waals surface area (Å²) in [6, 6.07) is 18.2. The first-order valence-corrected chi connectivity index (χ1v) is 11.0. The number of aryl methyl sites for hydroxylation is 3. The lowest BCUT2D eigenvalue weighted by molar-refractivity contribution is 0.0985. The molecule has 0 aliphatic carbocycles. The average molecular weight is 426 g/mol. The summed E-state index contributed by atoms with van der Waals surface area (Å²) in [6.45, 7) is 5.81. The van der Waals surface area contributed by atoms with Gasteiger partial charge in [-0.15, -0.1) is 0 Å². The molecule has 0 aliphatic heterocycles. The first-order valence-electron chi connectivity index (χ1n) is 9.31. The van der Waals surface area contributed by atoms with Crippen molar-refractivity contribution in [3.05, 3.63) is 93.5 Å². The van der Waals surface area contributed by atoms with Crippen LogP contribution in [0.1, 0.15) is 38.3 Å². The van der Waals surface area contributed by atoms with Crippen molar-refractivity contribution in [2.75, 3.05) is 7.11 Å². The summed E-state index contributed by atoms with van der Waals surface area (Å²) in [5.74, 6) is 0.244. The van der Waals surface area contributed by atoms with E-state index in [0.29, 0.717) is 27.2 Å². The molecule has 0 radical (unpaired) electrons. The molecule has 0 heterocycles. The van der Waals surface area contributed by atoms with E-state index in [4.69, 9.17) is 16.3 Å². The molecule has 0 bridgehead atoms. The molecule has 3 aromatic carbocycles. The highest BCUT2D eigenvalue weighted by atomic mass is 35.5. The van der Waals surface area contributed by atoms with Gasteiger partial charge in [0.05, 0.1) is 17.7 Å². The lowest BCUT2D eigenvalue weighted by Crippen LogP contribution is -2.17. The van der Waals surface area contributed by atoms with E-state index in [1.807, 2.05) is 51.1 Å². The van der Waals surface area contributed by atoms with Crippen LogP contribution in [-0.2, 0) is 4.57 Å². The maximum atomic E-state index is 13.8. The minimum atomic E-state index is -2.11. The second-order valence-electron chi connectivity index (χ2n) is 7.06. The van der Waals surface area contributed by atoms with Gasteiger partial charge in [-0.2, -0.15) is 0 Å². The van der Waals surface area contributed by atoms with Crippen molar-refractivity contribution in [2.24, 2.45) is 0 Å². The third kappa shape index (κ3) is 4.27. The fraction of sp³-hybridized carbons (Fsp3) is 0.208. The van der Waals surface area contributed by atoms with Gasteiger partial charge in [0, 0.05) is 5.56 Å². The van der Waals surface area contributed by atoms with Crippen LogP contribution in [0.5, 0.6) is 5.75 Å². The number of carbonyl (C=O) groups excluding carboxylic acids is 1. The Balaban J connectivity index is 2.25. The monoisotopic (exact) mass is 425 g/mol. The third-order valence-corrected chi connectivity index (χ3v) is 7.02. The number of rotatable bonds is 6. The van der Waals surface area contributed by atoms with Gasteiger partial charge < -0.3 is 4.74 Å². The van der Waals surface area contributed by atoms with E-state index in [2.05, 4.69) is 0 Å². The second kappa shape index (κ2) is 8.90. The third-order valence-electron chi connectivity index (χ3n) is 4.92. The first kappa shape index (κ1) is 21.2. The number of carbonyl (C=O) groups is 1. The predicted octanol–water partition coefficient (Wildman–Crippen LogP) is 6.35. The molecule has 0 aromatic heterocycles. The number of hydrogen-bond donors (Lipinski definition) is 0. The van der Waals surface area contributed by atoms with Crippen LogP contribution in [-0.4, -0.2) is 12.9 Å². The number of ketones is 1. The Bertz CT molecular complexity index is 1050. The van der Waals surface area contributed by atoms with Crippen molar-refractivity contribution in [3.63, 3.8) is 0 Å². The minimum Gasteiger partial charge on any atom is -0.496 e. The quantitative estimate of drug-likeness (QED) is 0.341. The molecule has 5 heteroatoms. The number of Topliss-reactive ketones (excluding diaryl/α,β-unsaturated/α-hetero) is 1. The van der Waals surface area contributed by atoms with E-state index in [9.17, 15) is 9.36 Å². The standard InChI is InChI=1S/C24H23ClO3P/c1-15-13-16(2)21(17(3)14-15)23(26)24(29(27)18-9-6-5-7-10-18)22-19(25)11-8-12-20(22)28-4/h5-14,24H,1-4H3/q+1. The highest BCUT2D eigenvalue weighted by Crippen LogP contribution is 2.49. The van der Waals surface area contributed by atoms with E-state index in [0.717, 1.165) is 16.7 Å². The number of ether oxygens (including phenoxy) is 1. The van der Waals surface area contributed by atoms with Crippen LogP contribution < -0.4 is 10.0 Å². The SMILES string of the molecule is COc1cccc(Cl)c1C(C(=O)c1c(C)cc(C)cc1C)[P+](=O)c1ccccc1. The highest BCUT2D eigenvalue weighted by Gasteiger charge is 2.45. The molecule has 3 nitrogen and oxygen atoms in total. The summed E-state index contributed by atoms with van der Waals surface area (Å²) in [6.07, 6.45) is 0. The molecule has 29 heavy (non-hydrogen) atoms. The first-order chi connectivity index (χ1) is 13.8. The summed E-state index contributed by atoms with van der Waals surface area (Å²) in [5, 5.41) is 0.967. The number of methoxy groups -OCH3 is 1. The molecule has 0 amide bonds. The Hall–Kier alpha value is -2.48. The Kier molecular flexibility index (Phi) is 6.52. The molecule has 0 aliphatic rings. The van der Waals surface area contributed by atoms with Crippen LogP contribution in [0.25, 0.3) is 0 Å². The number of hydrogen-bond acceptors (Lipinski definition) is 3. The van der Waals surface area contributed by atoms with Crippen LogP contribution >= 0.6 is 19.4 Å². The van der Waals surface area contributed by atoms with Gasteiger partial charge in [0.1, 0.15) is 5.75 Å². The van der Waals surface area contributed by atoms with E-state index in [1.54, 1.807) is 30.3 Å². The fourth-order valence-corrected chi connectivity index (χ4v) is 5.70. The van der Waals surface area contributed by atoms with Gasteiger partial charge in [-0.3, -0.25) is 4.79 Å². The summed E-state index contributed by atoms with van der Waals surface area (Å²) in [7, 11) is -0.590. The summed E-state index contributed by atoms with van der Waals surface area (Å²) >= 11 is 6.51. The van der Waals surface area contributed by atoms with Crippen LogP contribution in [0.2, 0.25) is 5.02 Å². The highest BCUT2D eigenvalue weighted by molar-refractivity contribution is 7.55. The van der Waals surface area contributed by atoms with Crippen molar-refractivity contribution in [1.29, 1.82) is 0 Å². The predicted molar refractivity (Wildman–Crippen MR) is 119 cm³/mol. The van der Waals surface area contributed by atoms with Crippen molar-refractivity contribution in [3.8, 4) is 5.75 Å². The van der Waals surface area contributed by atoms with Crippen LogP contribution in [0.3, 0.4) is 0 Å². The molecular weight excluding hydrogens is 403 g/mol. The molecule has 2 unspecified atom stereocenters. The zero-order chi connectivity index (χ0) is 21.1. The summed E-state index contributed by atoms with van der Waals surface area (Å²) in [5.41, 5.74) is 2.90. The molecule has 0 fully saturated rings. The van der Waals surface area contributed by atoms with E-state index in [1.165, 1.54) is 7.11 Å². The molecule has 3 rings (SSSR count). The zero-order valence-electron chi connectivity index (χ0n) is 16.9. The van der Waals surface area contributed by atoms with Crippen molar-refractivity contribution < 1.29 is 14.1 Å². The lowest BCUT2D eigenvalue weighted by atomic mass is 9.93. The zero-order valence-corrected chi connectivity index (χ0v) is 18.6.